The molecule has 0 saturated carbocycles. The Morgan fingerprint density at radius 3 is 2.45 bits per heavy atom. The van der Waals surface area contributed by atoms with Gasteiger partial charge in [0.25, 0.3) is 0 Å². The molecule has 3 aliphatic heterocycles. The van der Waals surface area contributed by atoms with Crippen LogP contribution in [0.2, 0.25) is 0 Å². The van der Waals surface area contributed by atoms with Crippen LogP contribution in [-0.2, 0) is 16.6 Å². The Morgan fingerprint density at radius 1 is 0.881 bits per heavy atom. The Balaban J connectivity index is 1.15. The smallest absolute Gasteiger partial charge is 0.227 e. The van der Waals surface area contributed by atoms with Crippen molar-refractivity contribution in [3.8, 4) is 5.75 Å². The van der Waals surface area contributed by atoms with Crippen molar-refractivity contribution in [1.29, 1.82) is 0 Å². The predicted octanol–water partition coefficient (Wildman–Crippen LogP) is 6.68. The fourth-order valence-electron chi connectivity index (χ4n) is 7.64. The highest BCUT2D eigenvalue weighted by Gasteiger charge is 2.41. The number of hydrogen-bond donors (Lipinski definition) is 0. The zero-order chi connectivity index (χ0) is 28.9. The van der Waals surface area contributed by atoms with E-state index in [1.54, 1.807) is 0 Å². The predicted molar refractivity (Wildman–Crippen MR) is 172 cm³/mol. The molecule has 0 spiro atoms. The van der Waals surface area contributed by atoms with Gasteiger partial charge in [-0.3, -0.25) is 4.79 Å². The van der Waals surface area contributed by atoms with Gasteiger partial charge in [0.15, 0.2) is 0 Å². The number of carbonyl (C=O) groups excluding carboxylic acids is 1. The van der Waals surface area contributed by atoms with E-state index >= 15 is 0 Å². The summed E-state index contributed by atoms with van der Waals surface area (Å²) < 4.78 is 5.89. The SMILES string of the molecule is CC(C)Oc1cccc(CC(=O)N2CC[C@@](CCN3CCC(N4CCCCC4)CC3)(c3ccc4ccccc4c3)C2)c1. The van der Waals surface area contributed by atoms with Crippen LogP contribution in [0, 0.1) is 0 Å². The second kappa shape index (κ2) is 13.2. The molecular weight excluding hydrogens is 518 g/mol. The fraction of sp³-hybridized carbons (Fsp3) is 0.541. The van der Waals surface area contributed by atoms with Gasteiger partial charge < -0.3 is 19.4 Å². The van der Waals surface area contributed by atoms with Crippen LogP contribution in [-0.4, -0.2) is 78.6 Å². The lowest BCUT2D eigenvalue weighted by atomic mass is 9.76. The number of rotatable bonds is 9. The van der Waals surface area contributed by atoms with E-state index in [1.165, 1.54) is 74.6 Å². The number of ether oxygens (including phenoxy) is 1. The number of hydrogen-bond acceptors (Lipinski definition) is 4. The number of piperidine rings is 2. The van der Waals surface area contributed by atoms with Gasteiger partial charge in [-0.1, -0.05) is 61.0 Å². The molecule has 6 rings (SSSR count). The molecule has 1 amide bonds. The average molecular weight is 568 g/mol. The van der Waals surface area contributed by atoms with Crippen molar-refractivity contribution >= 4 is 16.7 Å². The van der Waals surface area contributed by atoms with E-state index in [2.05, 4.69) is 57.2 Å². The monoisotopic (exact) mass is 567 g/mol. The van der Waals surface area contributed by atoms with Gasteiger partial charge in [0.1, 0.15) is 5.75 Å². The Bertz CT molecular complexity index is 1340. The molecule has 224 valence electrons. The summed E-state index contributed by atoms with van der Waals surface area (Å²) in [6.07, 6.45) is 9.42. The van der Waals surface area contributed by atoms with Gasteiger partial charge in [-0.2, -0.15) is 0 Å². The summed E-state index contributed by atoms with van der Waals surface area (Å²) in [6.45, 7) is 11.8. The van der Waals surface area contributed by atoms with Crippen molar-refractivity contribution in [2.45, 2.75) is 82.8 Å². The van der Waals surface area contributed by atoms with Crippen molar-refractivity contribution in [2.75, 3.05) is 45.8 Å². The number of likely N-dealkylation sites (tertiary alicyclic amines) is 3. The number of benzene rings is 3. The minimum absolute atomic E-state index is 0.00792. The molecule has 1 atom stereocenters. The van der Waals surface area contributed by atoms with E-state index < -0.39 is 0 Å². The summed E-state index contributed by atoms with van der Waals surface area (Å²) in [5.74, 6) is 1.06. The number of fused-ring (bicyclic) bond motifs is 1. The molecule has 3 aromatic carbocycles. The summed E-state index contributed by atoms with van der Waals surface area (Å²) in [4.78, 5) is 21.2. The van der Waals surface area contributed by atoms with Crippen molar-refractivity contribution in [3.63, 3.8) is 0 Å². The topological polar surface area (TPSA) is 36.0 Å². The van der Waals surface area contributed by atoms with Gasteiger partial charge in [-0.05, 0) is 119 Å². The summed E-state index contributed by atoms with van der Waals surface area (Å²) in [7, 11) is 0. The van der Waals surface area contributed by atoms with E-state index in [0.717, 1.165) is 49.8 Å². The first-order valence-electron chi connectivity index (χ1n) is 16.5. The quantitative estimate of drug-likeness (QED) is 0.289. The van der Waals surface area contributed by atoms with Gasteiger partial charge in [0.2, 0.25) is 5.91 Å². The van der Waals surface area contributed by atoms with Gasteiger partial charge in [0, 0.05) is 24.5 Å². The Morgan fingerprint density at radius 2 is 1.67 bits per heavy atom. The third-order valence-electron chi connectivity index (χ3n) is 10.1. The molecule has 3 heterocycles. The minimum Gasteiger partial charge on any atom is -0.491 e. The molecule has 3 aliphatic rings. The second-order valence-corrected chi connectivity index (χ2v) is 13.3. The molecular formula is C37H49N3O2. The van der Waals surface area contributed by atoms with E-state index in [9.17, 15) is 4.79 Å². The molecule has 0 aromatic heterocycles. The summed E-state index contributed by atoms with van der Waals surface area (Å²) in [5, 5.41) is 2.58. The van der Waals surface area contributed by atoms with Crippen molar-refractivity contribution in [2.24, 2.45) is 0 Å². The van der Waals surface area contributed by atoms with Crippen LogP contribution in [0.25, 0.3) is 10.8 Å². The maximum absolute atomic E-state index is 13.6. The van der Waals surface area contributed by atoms with Crippen LogP contribution in [0.15, 0.2) is 66.7 Å². The molecule has 0 radical (unpaired) electrons. The van der Waals surface area contributed by atoms with E-state index in [0.29, 0.717) is 6.42 Å². The Hall–Kier alpha value is -2.89. The van der Waals surface area contributed by atoms with Gasteiger partial charge >= 0.3 is 0 Å². The third-order valence-corrected chi connectivity index (χ3v) is 10.1. The molecule has 3 aromatic rings. The first kappa shape index (κ1) is 29.2. The van der Waals surface area contributed by atoms with Crippen LogP contribution < -0.4 is 4.74 Å². The highest BCUT2D eigenvalue weighted by Crippen LogP contribution is 2.40. The first-order chi connectivity index (χ1) is 20.5. The Kier molecular flexibility index (Phi) is 9.16. The number of nitrogens with zero attached hydrogens (tertiary/aromatic N) is 3. The fourth-order valence-corrected chi connectivity index (χ4v) is 7.64. The molecule has 5 heteroatoms. The minimum atomic E-state index is -0.00792. The lowest BCUT2D eigenvalue weighted by Gasteiger charge is -2.41. The maximum atomic E-state index is 13.6. The lowest BCUT2D eigenvalue weighted by molar-refractivity contribution is -0.129. The van der Waals surface area contributed by atoms with E-state index in [4.69, 9.17) is 4.74 Å². The lowest BCUT2D eigenvalue weighted by Crippen LogP contribution is -2.47. The maximum Gasteiger partial charge on any atom is 0.227 e. The zero-order valence-corrected chi connectivity index (χ0v) is 25.8. The van der Waals surface area contributed by atoms with Crippen LogP contribution in [0.1, 0.15) is 69.9 Å². The summed E-state index contributed by atoms with van der Waals surface area (Å²) in [6, 6.07) is 24.5. The molecule has 0 aliphatic carbocycles. The van der Waals surface area contributed by atoms with Gasteiger partial charge in [-0.25, -0.2) is 0 Å². The summed E-state index contributed by atoms with van der Waals surface area (Å²) in [5.41, 5.74) is 2.41. The summed E-state index contributed by atoms with van der Waals surface area (Å²) >= 11 is 0. The van der Waals surface area contributed by atoms with Gasteiger partial charge in [0.05, 0.1) is 12.5 Å². The van der Waals surface area contributed by atoms with Crippen LogP contribution in [0.3, 0.4) is 0 Å². The van der Waals surface area contributed by atoms with E-state index in [-0.39, 0.29) is 17.4 Å². The molecule has 3 saturated heterocycles. The van der Waals surface area contributed by atoms with Crippen molar-refractivity contribution in [1.82, 2.24) is 14.7 Å². The first-order valence-corrected chi connectivity index (χ1v) is 16.5. The molecule has 3 fully saturated rings. The zero-order valence-electron chi connectivity index (χ0n) is 25.8. The molecule has 0 bridgehead atoms. The highest BCUT2D eigenvalue weighted by atomic mass is 16.5. The van der Waals surface area contributed by atoms with Crippen molar-refractivity contribution in [3.05, 3.63) is 77.9 Å². The second-order valence-electron chi connectivity index (χ2n) is 13.3. The largest absolute Gasteiger partial charge is 0.491 e. The van der Waals surface area contributed by atoms with E-state index in [1.807, 2.05) is 38.1 Å². The highest BCUT2D eigenvalue weighted by molar-refractivity contribution is 5.83. The van der Waals surface area contributed by atoms with Crippen LogP contribution in [0.5, 0.6) is 5.75 Å². The molecule has 42 heavy (non-hydrogen) atoms. The molecule has 5 nitrogen and oxygen atoms in total. The van der Waals surface area contributed by atoms with Crippen LogP contribution in [0.4, 0.5) is 0 Å². The number of amides is 1. The van der Waals surface area contributed by atoms with Crippen LogP contribution >= 0.6 is 0 Å². The molecule has 0 unspecified atom stereocenters. The average Bonchev–Trinajstić information content (AvgIpc) is 3.46. The van der Waals surface area contributed by atoms with Gasteiger partial charge in [-0.15, -0.1) is 0 Å². The Labute approximate surface area is 252 Å². The standard InChI is InChI=1S/C37H49N3O2/c1-29(2)42-35-12-8-9-30(25-35)26-36(41)40-24-18-37(28-40,33-14-13-31-10-4-5-11-32(31)27-33)17-23-38-21-15-34(16-22-38)39-19-6-3-7-20-39/h4-5,8-14,25,27,29,34H,3,6-7,15-24,26,28H2,1-2H3/t37-/m1/s1. The van der Waals surface area contributed by atoms with Crippen molar-refractivity contribution < 1.29 is 9.53 Å². The third kappa shape index (κ3) is 6.84. The number of carbonyl (C=O) groups is 1. The molecule has 0 N–H and O–H groups in total. The normalized spacial score (nSPS) is 22.7.